The monoisotopic (exact) mass is 268 g/mol. The molecule has 0 aromatic carbocycles. The lowest BCUT2D eigenvalue weighted by Crippen LogP contribution is -1.99. The van der Waals surface area contributed by atoms with Gasteiger partial charge in [0.25, 0.3) is 0 Å². The van der Waals surface area contributed by atoms with Gasteiger partial charge in [-0.3, -0.25) is 4.79 Å². The summed E-state index contributed by atoms with van der Waals surface area (Å²) in [6.07, 6.45) is 0.625. The van der Waals surface area contributed by atoms with Crippen LogP contribution in [0.15, 0.2) is 22.2 Å². The van der Waals surface area contributed by atoms with E-state index < -0.39 is 5.97 Å². The summed E-state index contributed by atoms with van der Waals surface area (Å²) in [6.45, 7) is 0.759. The van der Waals surface area contributed by atoms with Crippen LogP contribution in [0.3, 0.4) is 0 Å². The van der Waals surface area contributed by atoms with E-state index in [0.29, 0.717) is 6.42 Å². The number of carboxylic acids is 1. The summed E-state index contributed by atoms with van der Waals surface area (Å²) >= 11 is 3.18. The van der Waals surface area contributed by atoms with Gasteiger partial charge in [-0.2, -0.15) is 11.3 Å². The largest absolute Gasteiger partial charge is 0.481 e. The molecule has 0 unspecified atom stereocenters. The highest BCUT2D eigenvalue weighted by Crippen LogP contribution is 2.18. The number of aryl methyl sites for hydroxylation is 1. The van der Waals surface area contributed by atoms with E-state index in [-0.39, 0.29) is 6.42 Å². The highest BCUT2D eigenvalue weighted by molar-refractivity contribution is 7.13. The van der Waals surface area contributed by atoms with Crippen molar-refractivity contribution in [1.82, 2.24) is 4.98 Å². The Morgan fingerprint density at radius 1 is 1.47 bits per heavy atom. The zero-order valence-electron chi connectivity index (χ0n) is 9.05. The predicted octanol–water partition coefficient (Wildman–Crippen LogP) is 2.83. The molecule has 6 heteroatoms. The molecule has 0 amide bonds. The Morgan fingerprint density at radius 3 is 3.06 bits per heavy atom. The number of aromatic nitrogens is 1. The van der Waals surface area contributed by atoms with E-state index in [1.54, 1.807) is 11.3 Å². The molecule has 0 saturated carbocycles. The molecule has 2 heterocycles. The zero-order chi connectivity index (χ0) is 12.1. The van der Waals surface area contributed by atoms with Crippen LogP contribution in [-0.4, -0.2) is 16.1 Å². The molecule has 0 aliphatic heterocycles. The molecule has 0 radical (unpaired) electrons. The predicted molar refractivity (Wildman–Crippen MR) is 69.7 cm³/mol. The second-order valence-corrected chi connectivity index (χ2v) is 5.16. The molecule has 17 heavy (non-hydrogen) atoms. The van der Waals surface area contributed by atoms with E-state index in [1.165, 1.54) is 16.9 Å². The van der Waals surface area contributed by atoms with Gasteiger partial charge in [-0.25, -0.2) is 4.98 Å². The first-order valence-corrected chi connectivity index (χ1v) is 6.97. The van der Waals surface area contributed by atoms with Gasteiger partial charge < -0.3 is 10.4 Å². The minimum Gasteiger partial charge on any atom is -0.481 e. The van der Waals surface area contributed by atoms with Crippen LogP contribution in [0.5, 0.6) is 0 Å². The van der Waals surface area contributed by atoms with E-state index in [0.717, 1.165) is 17.4 Å². The number of hydrogen-bond acceptors (Lipinski definition) is 5. The highest BCUT2D eigenvalue weighted by Gasteiger charge is 2.04. The van der Waals surface area contributed by atoms with Gasteiger partial charge in [0.15, 0.2) is 5.13 Å². The molecule has 2 aromatic rings. The van der Waals surface area contributed by atoms with Crippen molar-refractivity contribution in [2.24, 2.45) is 0 Å². The molecule has 0 saturated heterocycles. The van der Waals surface area contributed by atoms with Crippen molar-refractivity contribution in [2.75, 3.05) is 5.32 Å². The number of thiazole rings is 1. The molecule has 0 aliphatic carbocycles. The van der Waals surface area contributed by atoms with Crippen molar-refractivity contribution in [1.29, 1.82) is 0 Å². The fraction of sp³-hybridized carbons (Fsp3) is 0.273. The molecule has 0 atom stereocenters. The molecular weight excluding hydrogens is 256 g/mol. The average Bonchev–Trinajstić information content (AvgIpc) is 2.95. The van der Waals surface area contributed by atoms with Gasteiger partial charge >= 0.3 is 5.97 Å². The first-order chi connectivity index (χ1) is 8.24. The number of carboxylic acid groups (broad SMARTS) is 1. The standard InChI is InChI=1S/C11H12N2O2S2/c14-10(15)2-1-9-7-17-11(13-9)12-5-8-3-4-16-6-8/h3-4,6-7H,1-2,5H2,(H,12,13)(H,14,15). The lowest BCUT2D eigenvalue weighted by Gasteiger charge is -1.99. The quantitative estimate of drug-likeness (QED) is 0.845. The zero-order valence-corrected chi connectivity index (χ0v) is 10.7. The Kier molecular flexibility index (Phi) is 4.11. The minimum atomic E-state index is -0.786. The topological polar surface area (TPSA) is 62.2 Å². The highest BCUT2D eigenvalue weighted by atomic mass is 32.1. The Bertz CT molecular complexity index is 479. The van der Waals surface area contributed by atoms with Gasteiger partial charge in [0.2, 0.25) is 0 Å². The van der Waals surface area contributed by atoms with Gasteiger partial charge in [0.1, 0.15) is 0 Å². The van der Waals surface area contributed by atoms with E-state index in [1.807, 2.05) is 10.8 Å². The number of hydrogen-bond donors (Lipinski definition) is 2. The molecule has 0 spiro atoms. The van der Waals surface area contributed by atoms with Crippen LogP contribution in [0.1, 0.15) is 17.7 Å². The van der Waals surface area contributed by atoms with E-state index in [9.17, 15) is 4.79 Å². The lowest BCUT2D eigenvalue weighted by molar-refractivity contribution is -0.136. The van der Waals surface area contributed by atoms with Crippen LogP contribution in [-0.2, 0) is 17.8 Å². The Balaban J connectivity index is 1.83. The molecule has 0 bridgehead atoms. The van der Waals surface area contributed by atoms with E-state index in [4.69, 9.17) is 5.11 Å². The molecule has 2 rings (SSSR count). The Labute approximate surface area is 107 Å². The number of carbonyl (C=O) groups is 1. The summed E-state index contributed by atoms with van der Waals surface area (Å²) in [4.78, 5) is 14.8. The van der Waals surface area contributed by atoms with Crippen molar-refractivity contribution in [3.05, 3.63) is 33.5 Å². The average molecular weight is 268 g/mol. The van der Waals surface area contributed by atoms with Crippen LogP contribution >= 0.6 is 22.7 Å². The molecule has 4 nitrogen and oxygen atoms in total. The normalized spacial score (nSPS) is 10.4. The lowest BCUT2D eigenvalue weighted by atomic mass is 10.2. The molecule has 2 N–H and O–H groups in total. The summed E-state index contributed by atoms with van der Waals surface area (Å²) in [5, 5.41) is 18.7. The summed E-state index contributed by atoms with van der Waals surface area (Å²) in [5.41, 5.74) is 2.07. The fourth-order valence-corrected chi connectivity index (χ4v) is 2.72. The van der Waals surface area contributed by atoms with Crippen LogP contribution in [0.4, 0.5) is 5.13 Å². The number of nitrogens with one attached hydrogen (secondary N) is 1. The third kappa shape index (κ3) is 3.83. The smallest absolute Gasteiger partial charge is 0.303 e. The summed E-state index contributed by atoms with van der Waals surface area (Å²) in [6, 6.07) is 2.07. The van der Waals surface area contributed by atoms with E-state index in [2.05, 4.69) is 21.7 Å². The minimum absolute atomic E-state index is 0.133. The number of rotatable bonds is 6. The number of thiophene rings is 1. The summed E-state index contributed by atoms with van der Waals surface area (Å²) in [5.74, 6) is -0.786. The number of anilines is 1. The second kappa shape index (κ2) is 5.79. The first-order valence-electron chi connectivity index (χ1n) is 5.15. The maximum Gasteiger partial charge on any atom is 0.303 e. The van der Waals surface area contributed by atoms with Gasteiger partial charge in [-0.1, -0.05) is 0 Å². The van der Waals surface area contributed by atoms with Crippen LogP contribution in [0.25, 0.3) is 0 Å². The fourth-order valence-electron chi connectivity index (χ4n) is 1.31. The molecule has 0 aliphatic rings. The third-order valence-corrected chi connectivity index (χ3v) is 3.75. The summed E-state index contributed by atoms with van der Waals surface area (Å²) in [7, 11) is 0. The molecule has 0 fully saturated rings. The van der Waals surface area contributed by atoms with Crippen molar-refractivity contribution < 1.29 is 9.90 Å². The van der Waals surface area contributed by atoms with Gasteiger partial charge in [0, 0.05) is 18.3 Å². The van der Waals surface area contributed by atoms with Crippen LogP contribution in [0, 0.1) is 0 Å². The number of nitrogens with zero attached hydrogens (tertiary/aromatic N) is 1. The van der Waals surface area contributed by atoms with Crippen molar-refractivity contribution in [3.63, 3.8) is 0 Å². The van der Waals surface area contributed by atoms with Crippen LogP contribution in [0.2, 0.25) is 0 Å². The van der Waals surface area contributed by atoms with Gasteiger partial charge in [-0.15, -0.1) is 11.3 Å². The second-order valence-electron chi connectivity index (χ2n) is 3.52. The Hall–Kier alpha value is -1.40. The third-order valence-electron chi connectivity index (χ3n) is 2.17. The maximum absolute atomic E-state index is 10.4. The Morgan fingerprint density at radius 2 is 2.35 bits per heavy atom. The SMILES string of the molecule is O=C(O)CCc1csc(NCc2ccsc2)n1. The number of aliphatic carboxylic acids is 1. The molecular formula is C11H12N2O2S2. The van der Waals surface area contributed by atoms with Crippen molar-refractivity contribution in [3.8, 4) is 0 Å². The van der Waals surface area contributed by atoms with Crippen molar-refractivity contribution >= 4 is 33.8 Å². The van der Waals surface area contributed by atoms with Crippen molar-refractivity contribution in [2.45, 2.75) is 19.4 Å². The van der Waals surface area contributed by atoms with E-state index >= 15 is 0 Å². The first kappa shape index (κ1) is 12.1. The van der Waals surface area contributed by atoms with Gasteiger partial charge in [-0.05, 0) is 22.4 Å². The maximum atomic E-state index is 10.4. The summed E-state index contributed by atoms with van der Waals surface area (Å²) < 4.78 is 0. The van der Waals surface area contributed by atoms with Gasteiger partial charge in [0.05, 0.1) is 12.1 Å². The van der Waals surface area contributed by atoms with Crippen LogP contribution < -0.4 is 5.32 Å². The molecule has 2 aromatic heterocycles. The molecule has 90 valence electrons.